The van der Waals surface area contributed by atoms with Gasteiger partial charge in [0.25, 0.3) is 21.6 Å². The van der Waals surface area contributed by atoms with Crippen molar-refractivity contribution in [2.24, 2.45) is 0 Å². The minimum Gasteiger partial charge on any atom is -0.494 e. The number of carbonyl (C=O) groups excluding carboxylic acids is 2. The highest BCUT2D eigenvalue weighted by Gasteiger charge is 2.20. The lowest BCUT2D eigenvalue weighted by Gasteiger charge is -2.13. The van der Waals surface area contributed by atoms with E-state index in [1.165, 1.54) is 66.7 Å². The van der Waals surface area contributed by atoms with Crippen LogP contribution in [0.1, 0.15) is 17.3 Å². The predicted molar refractivity (Wildman–Crippen MR) is 127 cm³/mol. The zero-order chi connectivity index (χ0) is 25.4. The Morgan fingerprint density at radius 3 is 2.40 bits per heavy atom. The summed E-state index contributed by atoms with van der Waals surface area (Å²) in [4.78, 5) is 34.9. The number of esters is 1. The van der Waals surface area contributed by atoms with E-state index in [9.17, 15) is 28.1 Å². The molecule has 12 heteroatoms. The Labute approximate surface area is 200 Å². The first-order chi connectivity index (χ1) is 16.7. The highest BCUT2D eigenvalue weighted by atomic mass is 32.2. The van der Waals surface area contributed by atoms with Crippen LogP contribution in [-0.2, 0) is 19.6 Å². The van der Waals surface area contributed by atoms with Crippen LogP contribution in [0.3, 0.4) is 0 Å². The topological polar surface area (TPSA) is 154 Å². The SMILES string of the molecule is CCOc1ccc(S(=O)(=O)Nc2ccccc2C(=O)OCC(=O)Nc2cccc([N+](=O)[O-])c2)cc1. The van der Waals surface area contributed by atoms with Gasteiger partial charge in [-0.3, -0.25) is 19.6 Å². The molecule has 11 nitrogen and oxygen atoms in total. The van der Waals surface area contributed by atoms with Crippen LogP contribution in [0.2, 0.25) is 0 Å². The molecule has 0 atom stereocenters. The molecule has 2 N–H and O–H groups in total. The predicted octanol–water partition coefficient (Wildman–Crippen LogP) is 3.59. The largest absolute Gasteiger partial charge is 0.494 e. The van der Waals surface area contributed by atoms with E-state index in [-0.39, 0.29) is 27.5 Å². The summed E-state index contributed by atoms with van der Waals surface area (Å²) in [7, 11) is -4.03. The summed E-state index contributed by atoms with van der Waals surface area (Å²) in [5, 5.41) is 13.2. The van der Waals surface area contributed by atoms with Crippen LogP contribution < -0.4 is 14.8 Å². The number of sulfonamides is 1. The van der Waals surface area contributed by atoms with Crippen molar-refractivity contribution in [3.63, 3.8) is 0 Å². The molecule has 1 amide bonds. The number of para-hydroxylation sites is 1. The van der Waals surface area contributed by atoms with Gasteiger partial charge in [0.05, 0.1) is 27.7 Å². The van der Waals surface area contributed by atoms with E-state index in [0.29, 0.717) is 12.4 Å². The second-order valence-electron chi connectivity index (χ2n) is 6.99. The van der Waals surface area contributed by atoms with Crippen LogP contribution in [0.5, 0.6) is 5.75 Å². The van der Waals surface area contributed by atoms with E-state index in [1.54, 1.807) is 6.92 Å². The van der Waals surface area contributed by atoms with Gasteiger partial charge in [-0.25, -0.2) is 13.2 Å². The molecule has 0 saturated heterocycles. The molecule has 3 aromatic rings. The Balaban J connectivity index is 1.66. The number of hydrogen-bond donors (Lipinski definition) is 2. The molecule has 3 rings (SSSR count). The number of amides is 1. The molecule has 3 aromatic carbocycles. The number of nitrogens with zero attached hydrogens (tertiary/aromatic N) is 1. The summed E-state index contributed by atoms with van der Waals surface area (Å²) in [6, 6.07) is 16.8. The molecule has 0 aliphatic heterocycles. The van der Waals surface area contributed by atoms with Gasteiger partial charge < -0.3 is 14.8 Å². The Hall–Kier alpha value is -4.45. The van der Waals surface area contributed by atoms with Crippen molar-refractivity contribution in [3.8, 4) is 5.75 Å². The molecular formula is C23H21N3O8S. The number of nitrogens with one attached hydrogen (secondary N) is 2. The van der Waals surface area contributed by atoms with Crippen molar-refractivity contribution in [2.45, 2.75) is 11.8 Å². The van der Waals surface area contributed by atoms with Crippen molar-refractivity contribution >= 4 is 39.0 Å². The van der Waals surface area contributed by atoms with Gasteiger partial charge in [-0.05, 0) is 49.4 Å². The van der Waals surface area contributed by atoms with Crippen molar-refractivity contribution in [3.05, 3.63) is 88.5 Å². The molecule has 182 valence electrons. The second kappa shape index (κ2) is 11.1. The maximum Gasteiger partial charge on any atom is 0.340 e. The van der Waals surface area contributed by atoms with Crippen LogP contribution >= 0.6 is 0 Å². The standard InChI is InChI=1S/C23H21N3O8S/c1-2-33-18-10-12-19(13-11-18)35(31,32)25-21-9-4-3-8-20(21)23(28)34-15-22(27)24-16-6-5-7-17(14-16)26(29)30/h3-14,25H,2,15H2,1H3,(H,24,27). The third kappa shape index (κ3) is 6.77. The Morgan fingerprint density at radius 1 is 1.00 bits per heavy atom. The third-order valence-corrected chi connectivity index (χ3v) is 5.89. The smallest absolute Gasteiger partial charge is 0.340 e. The number of non-ortho nitro benzene ring substituents is 1. The van der Waals surface area contributed by atoms with E-state index >= 15 is 0 Å². The van der Waals surface area contributed by atoms with Gasteiger partial charge in [-0.1, -0.05) is 18.2 Å². The van der Waals surface area contributed by atoms with Crippen molar-refractivity contribution in [1.82, 2.24) is 0 Å². The van der Waals surface area contributed by atoms with E-state index in [2.05, 4.69) is 10.0 Å². The zero-order valence-electron chi connectivity index (χ0n) is 18.5. The number of nitro groups is 1. The molecule has 0 aromatic heterocycles. The van der Waals surface area contributed by atoms with Gasteiger partial charge >= 0.3 is 5.97 Å². The molecular weight excluding hydrogens is 478 g/mol. The van der Waals surface area contributed by atoms with E-state index < -0.39 is 33.4 Å². The third-order valence-electron chi connectivity index (χ3n) is 4.51. The first-order valence-corrected chi connectivity index (χ1v) is 11.7. The van der Waals surface area contributed by atoms with E-state index in [4.69, 9.17) is 9.47 Å². The summed E-state index contributed by atoms with van der Waals surface area (Å²) < 4.78 is 38.2. The number of anilines is 2. The molecule has 0 bridgehead atoms. The maximum atomic E-state index is 12.8. The van der Waals surface area contributed by atoms with Gasteiger partial charge in [0, 0.05) is 17.8 Å². The van der Waals surface area contributed by atoms with E-state index in [0.717, 1.165) is 6.07 Å². The minimum atomic E-state index is -4.03. The summed E-state index contributed by atoms with van der Waals surface area (Å²) >= 11 is 0. The van der Waals surface area contributed by atoms with Crippen molar-refractivity contribution in [1.29, 1.82) is 0 Å². The van der Waals surface area contributed by atoms with Crippen molar-refractivity contribution < 1.29 is 32.4 Å². The fourth-order valence-electron chi connectivity index (χ4n) is 2.94. The van der Waals surface area contributed by atoms with Gasteiger partial charge in [0.15, 0.2) is 6.61 Å². The normalized spacial score (nSPS) is 10.8. The molecule has 0 unspecified atom stereocenters. The second-order valence-corrected chi connectivity index (χ2v) is 8.67. The highest BCUT2D eigenvalue weighted by Crippen LogP contribution is 2.23. The number of carbonyl (C=O) groups is 2. The number of nitro benzene ring substituents is 1. The fourth-order valence-corrected chi connectivity index (χ4v) is 4.02. The van der Waals surface area contributed by atoms with Crippen LogP contribution in [0.25, 0.3) is 0 Å². The van der Waals surface area contributed by atoms with Crippen LogP contribution in [0.15, 0.2) is 77.7 Å². The lowest BCUT2D eigenvalue weighted by Crippen LogP contribution is -2.22. The molecule has 0 radical (unpaired) electrons. The lowest BCUT2D eigenvalue weighted by atomic mass is 10.2. The Kier molecular flexibility index (Phi) is 8.00. The number of benzene rings is 3. The average Bonchev–Trinajstić information content (AvgIpc) is 2.83. The zero-order valence-corrected chi connectivity index (χ0v) is 19.3. The molecule has 0 aliphatic carbocycles. The summed E-state index contributed by atoms with van der Waals surface area (Å²) in [6.07, 6.45) is 0. The Bertz CT molecular complexity index is 1340. The van der Waals surface area contributed by atoms with Gasteiger partial charge in [-0.2, -0.15) is 0 Å². The number of rotatable bonds is 10. The molecule has 0 spiro atoms. The number of hydrogen-bond acceptors (Lipinski definition) is 8. The Morgan fingerprint density at radius 2 is 1.71 bits per heavy atom. The fraction of sp³-hybridized carbons (Fsp3) is 0.130. The van der Waals surface area contributed by atoms with Crippen LogP contribution in [-0.4, -0.2) is 38.4 Å². The summed E-state index contributed by atoms with van der Waals surface area (Å²) in [5.41, 5.74) is -0.201. The average molecular weight is 500 g/mol. The lowest BCUT2D eigenvalue weighted by molar-refractivity contribution is -0.384. The minimum absolute atomic E-state index is 0.0366. The van der Waals surface area contributed by atoms with Gasteiger partial charge in [0.2, 0.25) is 0 Å². The van der Waals surface area contributed by atoms with E-state index in [1.807, 2.05) is 0 Å². The number of ether oxygens (including phenoxy) is 2. The first-order valence-electron chi connectivity index (χ1n) is 10.3. The molecule has 0 saturated carbocycles. The van der Waals surface area contributed by atoms with Crippen LogP contribution in [0, 0.1) is 10.1 Å². The molecule has 35 heavy (non-hydrogen) atoms. The maximum absolute atomic E-state index is 12.8. The highest BCUT2D eigenvalue weighted by molar-refractivity contribution is 7.92. The summed E-state index contributed by atoms with van der Waals surface area (Å²) in [5.74, 6) is -1.16. The summed E-state index contributed by atoms with van der Waals surface area (Å²) in [6.45, 7) is 1.55. The first kappa shape index (κ1) is 25.2. The van der Waals surface area contributed by atoms with Crippen LogP contribution in [0.4, 0.5) is 17.1 Å². The molecule has 0 heterocycles. The quantitative estimate of drug-likeness (QED) is 0.244. The van der Waals surface area contributed by atoms with Gasteiger partial charge in [0.1, 0.15) is 5.75 Å². The molecule has 0 fully saturated rings. The monoisotopic (exact) mass is 499 g/mol. The van der Waals surface area contributed by atoms with Gasteiger partial charge in [-0.15, -0.1) is 0 Å². The molecule has 0 aliphatic rings. The van der Waals surface area contributed by atoms with Crippen molar-refractivity contribution in [2.75, 3.05) is 23.3 Å².